The SMILES string of the molecule is O=C(Cn1c2ccccc2c(=O)c2ccccc21)Nc1ccc(-c2ncc3n2CCCC3)cc1. The quantitative estimate of drug-likeness (QED) is 0.394. The Morgan fingerprint density at radius 1 is 0.882 bits per heavy atom. The molecule has 0 saturated heterocycles. The molecule has 0 radical (unpaired) electrons. The molecular weight excluding hydrogens is 424 g/mol. The number of carbonyl (C=O) groups excluding carboxylic acids is 1. The van der Waals surface area contributed by atoms with Gasteiger partial charge in [0.2, 0.25) is 5.91 Å². The zero-order chi connectivity index (χ0) is 23.1. The van der Waals surface area contributed by atoms with Crippen molar-refractivity contribution in [2.45, 2.75) is 32.4 Å². The Hall–Kier alpha value is -4.19. The van der Waals surface area contributed by atoms with Gasteiger partial charge < -0.3 is 14.5 Å². The Morgan fingerprint density at radius 2 is 1.56 bits per heavy atom. The maximum atomic E-state index is 13.0. The topological polar surface area (TPSA) is 68.9 Å². The highest BCUT2D eigenvalue weighted by molar-refractivity contribution is 5.97. The van der Waals surface area contributed by atoms with E-state index in [-0.39, 0.29) is 17.9 Å². The summed E-state index contributed by atoms with van der Waals surface area (Å²) in [5.74, 6) is 0.837. The fourth-order valence-corrected chi connectivity index (χ4v) is 4.96. The molecule has 3 aromatic carbocycles. The molecule has 2 aromatic heterocycles. The molecule has 5 aromatic rings. The van der Waals surface area contributed by atoms with Crippen LogP contribution in [0.4, 0.5) is 5.69 Å². The zero-order valence-electron chi connectivity index (χ0n) is 18.7. The van der Waals surface area contributed by atoms with Gasteiger partial charge in [0.05, 0.1) is 11.0 Å². The lowest BCUT2D eigenvalue weighted by molar-refractivity contribution is -0.116. The van der Waals surface area contributed by atoms with E-state index in [0.29, 0.717) is 10.8 Å². The fraction of sp³-hybridized carbons (Fsp3) is 0.179. The van der Waals surface area contributed by atoms with E-state index in [0.717, 1.165) is 41.1 Å². The van der Waals surface area contributed by atoms with E-state index >= 15 is 0 Å². The van der Waals surface area contributed by atoms with E-state index in [1.54, 1.807) is 0 Å². The van der Waals surface area contributed by atoms with Gasteiger partial charge in [0.1, 0.15) is 12.4 Å². The average Bonchev–Trinajstić information content (AvgIpc) is 3.31. The minimum Gasteiger partial charge on any atom is -0.331 e. The third kappa shape index (κ3) is 3.48. The van der Waals surface area contributed by atoms with Gasteiger partial charge in [0, 0.05) is 40.5 Å². The largest absolute Gasteiger partial charge is 0.331 e. The number of para-hydroxylation sites is 2. The number of aryl methyl sites for hydroxylation is 1. The van der Waals surface area contributed by atoms with Crippen LogP contribution in [0.5, 0.6) is 0 Å². The van der Waals surface area contributed by atoms with Crippen molar-refractivity contribution in [2.24, 2.45) is 0 Å². The molecule has 1 aliphatic heterocycles. The van der Waals surface area contributed by atoms with Gasteiger partial charge in [0.15, 0.2) is 5.43 Å². The van der Waals surface area contributed by atoms with E-state index < -0.39 is 0 Å². The van der Waals surface area contributed by atoms with Crippen molar-refractivity contribution >= 4 is 33.4 Å². The first-order valence-electron chi connectivity index (χ1n) is 11.6. The molecular formula is C28H24N4O2. The summed E-state index contributed by atoms with van der Waals surface area (Å²) in [6, 6.07) is 22.7. The van der Waals surface area contributed by atoms with Gasteiger partial charge in [-0.05, 0) is 67.8 Å². The molecule has 0 bridgehead atoms. The Balaban J connectivity index is 1.28. The van der Waals surface area contributed by atoms with Crippen LogP contribution in [-0.4, -0.2) is 20.0 Å². The minimum absolute atomic E-state index is 0.0142. The van der Waals surface area contributed by atoms with E-state index in [4.69, 9.17) is 0 Å². The Bertz CT molecular complexity index is 1540. The summed E-state index contributed by atoms with van der Waals surface area (Å²) < 4.78 is 4.20. The monoisotopic (exact) mass is 448 g/mol. The predicted molar refractivity (Wildman–Crippen MR) is 135 cm³/mol. The normalized spacial score (nSPS) is 13.2. The van der Waals surface area contributed by atoms with Crippen LogP contribution in [0.1, 0.15) is 18.5 Å². The third-order valence-electron chi connectivity index (χ3n) is 6.61. The second-order valence-corrected chi connectivity index (χ2v) is 8.76. The van der Waals surface area contributed by atoms with E-state index in [1.807, 2.05) is 83.6 Å². The number of amides is 1. The molecule has 0 atom stereocenters. The lowest BCUT2D eigenvalue weighted by atomic mass is 10.1. The minimum atomic E-state index is -0.148. The summed E-state index contributed by atoms with van der Waals surface area (Å²) in [5, 5.41) is 4.23. The van der Waals surface area contributed by atoms with E-state index in [1.165, 1.54) is 18.5 Å². The van der Waals surface area contributed by atoms with Gasteiger partial charge in [-0.2, -0.15) is 0 Å². The maximum Gasteiger partial charge on any atom is 0.244 e. The molecule has 0 spiro atoms. The molecule has 0 aliphatic carbocycles. The van der Waals surface area contributed by atoms with Gasteiger partial charge in [0.25, 0.3) is 0 Å². The van der Waals surface area contributed by atoms with E-state index in [9.17, 15) is 9.59 Å². The smallest absolute Gasteiger partial charge is 0.244 e. The van der Waals surface area contributed by atoms with Gasteiger partial charge in [-0.1, -0.05) is 24.3 Å². The summed E-state index contributed by atoms with van der Waals surface area (Å²) in [6.07, 6.45) is 5.45. The van der Waals surface area contributed by atoms with Crippen LogP contribution in [0.25, 0.3) is 33.2 Å². The van der Waals surface area contributed by atoms with Crippen LogP contribution in [0.2, 0.25) is 0 Å². The maximum absolute atomic E-state index is 13.0. The van der Waals surface area contributed by atoms with Crippen LogP contribution in [-0.2, 0) is 24.3 Å². The average molecular weight is 449 g/mol. The first-order valence-corrected chi connectivity index (χ1v) is 11.6. The number of nitrogens with zero attached hydrogens (tertiary/aromatic N) is 3. The lowest BCUT2D eigenvalue weighted by Gasteiger charge is -2.17. The lowest BCUT2D eigenvalue weighted by Crippen LogP contribution is -2.21. The van der Waals surface area contributed by atoms with Gasteiger partial charge >= 0.3 is 0 Å². The number of imidazole rings is 1. The van der Waals surface area contributed by atoms with Crippen molar-refractivity contribution in [1.82, 2.24) is 14.1 Å². The van der Waals surface area contributed by atoms with Crippen LogP contribution >= 0.6 is 0 Å². The van der Waals surface area contributed by atoms with Crippen molar-refractivity contribution in [3.8, 4) is 11.4 Å². The molecule has 1 amide bonds. The predicted octanol–water partition coefficient (Wildman–Crippen LogP) is 4.99. The van der Waals surface area contributed by atoms with Gasteiger partial charge in [-0.15, -0.1) is 0 Å². The summed E-state index contributed by atoms with van der Waals surface area (Å²) in [4.78, 5) is 30.6. The number of nitrogens with one attached hydrogen (secondary N) is 1. The van der Waals surface area contributed by atoms with Crippen LogP contribution in [0.3, 0.4) is 0 Å². The number of aromatic nitrogens is 3. The highest BCUT2D eigenvalue weighted by Gasteiger charge is 2.16. The highest BCUT2D eigenvalue weighted by Crippen LogP contribution is 2.26. The molecule has 1 N–H and O–H groups in total. The number of hydrogen-bond donors (Lipinski definition) is 1. The van der Waals surface area contributed by atoms with Crippen molar-refractivity contribution in [3.63, 3.8) is 0 Å². The van der Waals surface area contributed by atoms with Crippen molar-refractivity contribution in [1.29, 1.82) is 0 Å². The second-order valence-electron chi connectivity index (χ2n) is 8.76. The Labute approximate surface area is 196 Å². The molecule has 0 fully saturated rings. The molecule has 3 heterocycles. The van der Waals surface area contributed by atoms with Crippen LogP contribution in [0.15, 0.2) is 83.8 Å². The summed E-state index contributed by atoms with van der Waals surface area (Å²) >= 11 is 0. The van der Waals surface area contributed by atoms with Crippen molar-refractivity contribution in [2.75, 3.05) is 5.32 Å². The van der Waals surface area contributed by atoms with Gasteiger partial charge in [-0.25, -0.2) is 4.98 Å². The number of hydrogen-bond acceptors (Lipinski definition) is 3. The fourth-order valence-electron chi connectivity index (χ4n) is 4.96. The molecule has 168 valence electrons. The number of carbonyl (C=O) groups is 1. The number of fused-ring (bicyclic) bond motifs is 3. The van der Waals surface area contributed by atoms with Gasteiger partial charge in [-0.3, -0.25) is 9.59 Å². The number of anilines is 1. The van der Waals surface area contributed by atoms with Crippen LogP contribution < -0.4 is 10.7 Å². The molecule has 6 heteroatoms. The van der Waals surface area contributed by atoms with Crippen molar-refractivity contribution < 1.29 is 4.79 Å². The molecule has 6 rings (SSSR count). The second kappa shape index (κ2) is 8.30. The molecule has 0 saturated carbocycles. The summed E-state index contributed by atoms with van der Waals surface area (Å²) in [7, 11) is 0. The molecule has 34 heavy (non-hydrogen) atoms. The molecule has 1 aliphatic rings. The number of pyridine rings is 1. The summed E-state index contributed by atoms with van der Waals surface area (Å²) in [5.41, 5.74) is 4.55. The Morgan fingerprint density at radius 3 is 2.26 bits per heavy atom. The molecule has 6 nitrogen and oxygen atoms in total. The first kappa shape index (κ1) is 20.4. The number of benzene rings is 3. The zero-order valence-corrected chi connectivity index (χ0v) is 18.7. The first-order chi connectivity index (χ1) is 16.7. The standard InChI is InChI=1S/C28H24N4O2/c33-26(18-32-24-10-3-1-8-22(24)27(34)23-9-2-4-11-25(23)32)30-20-14-12-19(13-15-20)28-29-17-21-7-5-6-16-31(21)28/h1-4,8-15,17H,5-7,16,18H2,(H,30,33). The van der Waals surface area contributed by atoms with Crippen LogP contribution in [0, 0.1) is 0 Å². The molecule has 0 unspecified atom stereocenters. The Kier molecular flexibility index (Phi) is 4.99. The number of rotatable bonds is 4. The highest BCUT2D eigenvalue weighted by atomic mass is 16.2. The van der Waals surface area contributed by atoms with E-state index in [2.05, 4.69) is 14.9 Å². The third-order valence-corrected chi connectivity index (χ3v) is 6.61. The van der Waals surface area contributed by atoms with Crippen molar-refractivity contribution in [3.05, 3.63) is 94.9 Å². The summed E-state index contributed by atoms with van der Waals surface area (Å²) in [6.45, 7) is 1.11.